The van der Waals surface area contributed by atoms with Crippen LogP contribution in [0.5, 0.6) is 0 Å². The van der Waals surface area contributed by atoms with E-state index in [1.54, 1.807) is 36.6 Å². The standard InChI is InChI=1S/C18H17F2NO4S2/c1-27(24)11-12-5-4-6-13(9-12)17(23)25-10-16(22)21-14-7-2-3-8-15(14)26-18(19)20/h2-9,18H,10-11H2,1H3,(H,21,22). The summed E-state index contributed by atoms with van der Waals surface area (Å²) < 4.78 is 41.3. The van der Waals surface area contributed by atoms with Crippen molar-refractivity contribution in [2.24, 2.45) is 0 Å². The Balaban J connectivity index is 1.94. The predicted octanol–water partition coefficient (Wildman–Crippen LogP) is 3.68. The van der Waals surface area contributed by atoms with Crippen molar-refractivity contribution in [3.8, 4) is 0 Å². The first-order valence-electron chi connectivity index (χ1n) is 7.75. The van der Waals surface area contributed by atoms with Crippen molar-refractivity contribution in [2.75, 3.05) is 18.2 Å². The fourth-order valence-electron chi connectivity index (χ4n) is 2.19. The van der Waals surface area contributed by atoms with Crippen LogP contribution < -0.4 is 5.32 Å². The molecule has 0 bridgehead atoms. The van der Waals surface area contributed by atoms with Crippen LogP contribution in [0.15, 0.2) is 53.4 Å². The molecule has 0 aromatic heterocycles. The molecule has 9 heteroatoms. The van der Waals surface area contributed by atoms with Crippen molar-refractivity contribution in [2.45, 2.75) is 16.4 Å². The third-order valence-corrected chi connectivity index (χ3v) is 4.77. The summed E-state index contributed by atoms with van der Waals surface area (Å²) in [5.41, 5.74) is 1.17. The number of hydrogen-bond donors (Lipinski definition) is 1. The van der Waals surface area contributed by atoms with Gasteiger partial charge in [0.05, 0.1) is 11.3 Å². The number of amides is 1. The van der Waals surface area contributed by atoms with Crippen LogP contribution >= 0.6 is 11.8 Å². The largest absolute Gasteiger partial charge is 0.452 e. The molecular weight excluding hydrogens is 396 g/mol. The average Bonchev–Trinajstić information content (AvgIpc) is 2.60. The fourth-order valence-corrected chi connectivity index (χ4v) is 3.44. The molecule has 0 fully saturated rings. The van der Waals surface area contributed by atoms with Gasteiger partial charge in [-0.05, 0) is 29.8 Å². The summed E-state index contributed by atoms with van der Waals surface area (Å²) in [7, 11) is -1.05. The molecule has 1 N–H and O–H groups in total. The Kier molecular flexibility index (Phi) is 7.93. The van der Waals surface area contributed by atoms with E-state index < -0.39 is 35.0 Å². The summed E-state index contributed by atoms with van der Waals surface area (Å²) in [5.74, 6) is -3.66. The van der Waals surface area contributed by atoms with Gasteiger partial charge in [-0.3, -0.25) is 9.00 Å². The Morgan fingerprint density at radius 3 is 2.63 bits per heavy atom. The maximum Gasteiger partial charge on any atom is 0.338 e. The number of carbonyl (C=O) groups is 2. The van der Waals surface area contributed by atoms with Crippen molar-refractivity contribution in [1.29, 1.82) is 0 Å². The highest BCUT2D eigenvalue weighted by atomic mass is 32.2. The van der Waals surface area contributed by atoms with Gasteiger partial charge in [-0.15, -0.1) is 0 Å². The van der Waals surface area contributed by atoms with E-state index >= 15 is 0 Å². The summed E-state index contributed by atoms with van der Waals surface area (Å²) >= 11 is 0.314. The number of rotatable bonds is 8. The monoisotopic (exact) mass is 413 g/mol. The average molecular weight is 413 g/mol. The minimum absolute atomic E-state index is 0.215. The molecule has 1 amide bonds. The van der Waals surface area contributed by atoms with Gasteiger partial charge < -0.3 is 10.1 Å². The number of para-hydroxylation sites is 1. The minimum atomic E-state index is -2.62. The van der Waals surface area contributed by atoms with Gasteiger partial charge >= 0.3 is 5.97 Å². The Morgan fingerprint density at radius 1 is 1.19 bits per heavy atom. The molecule has 27 heavy (non-hydrogen) atoms. The normalized spacial score (nSPS) is 11.9. The zero-order valence-electron chi connectivity index (χ0n) is 14.3. The van der Waals surface area contributed by atoms with Crippen molar-refractivity contribution in [1.82, 2.24) is 0 Å². The van der Waals surface area contributed by atoms with Crippen LogP contribution in [0.25, 0.3) is 0 Å². The zero-order valence-corrected chi connectivity index (χ0v) is 15.9. The molecule has 0 aliphatic rings. The molecule has 1 unspecified atom stereocenters. The maximum absolute atomic E-state index is 12.6. The summed E-state index contributed by atoms with van der Waals surface area (Å²) in [4.78, 5) is 24.3. The van der Waals surface area contributed by atoms with Gasteiger partial charge in [0, 0.05) is 27.7 Å². The molecular formula is C18H17F2NO4S2. The second-order valence-corrected chi connectivity index (χ2v) is 7.88. The third kappa shape index (κ3) is 7.10. The van der Waals surface area contributed by atoms with Gasteiger partial charge in [-0.25, -0.2) is 4.79 Å². The lowest BCUT2D eigenvalue weighted by Crippen LogP contribution is -2.21. The summed E-state index contributed by atoms with van der Waals surface area (Å²) in [5, 5.41) is 2.45. The number of carbonyl (C=O) groups excluding carboxylic acids is 2. The topological polar surface area (TPSA) is 72.5 Å². The first-order chi connectivity index (χ1) is 12.8. The van der Waals surface area contributed by atoms with E-state index in [9.17, 15) is 22.6 Å². The van der Waals surface area contributed by atoms with E-state index in [4.69, 9.17) is 4.74 Å². The third-order valence-electron chi connectivity index (χ3n) is 3.24. The van der Waals surface area contributed by atoms with Crippen LogP contribution in [-0.4, -0.2) is 34.7 Å². The van der Waals surface area contributed by atoms with Gasteiger partial charge in [0.1, 0.15) is 0 Å². The minimum Gasteiger partial charge on any atom is -0.452 e. The van der Waals surface area contributed by atoms with E-state index in [2.05, 4.69) is 5.32 Å². The molecule has 0 spiro atoms. The lowest BCUT2D eigenvalue weighted by molar-refractivity contribution is -0.119. The van der Waals surface area contributed by atoms with E-state index in [-0.39, 0.29) is 16.1 Å². The molecule has 5 nitrogen and oxygen atoms in total. The van der Waals surface area contributed by atoms with Crippen LogP contribution in [0.4, 0.5) is 14.5 Å². The Bertz CT molecular complexity index is 846. The van der Waals surface area contributed by atoms with Crippen LogP contribution in [0.3, 0.4) is 0 Å². The number of anilines is 1. The number of ether oxygens (including phenoxy) is 1. The molecule has 2 aromatic carbocycles. The molecule has 0 aliphatic heterocycles. The van der Waals surface area contributed by atoms with E-state index in [0.29, 0.717) is 23.1 Å². The maximum atomic E-state index is 12.6. The molecule has 144 valence electrons. The Morgan fingerprint density at radius 2 is 1.93 bits per heavy atom. The first-order valence-corrected chi connectivity index (χ1v) is 10.4. The molecule has 0 heterocycles. The fraction of sp³-hybridized carbons (Fsp3) is 0.222. The second-order valence-electron chi connectivity index (χ2n) is 5.42. The van der Waals surface area contributed by atoms with Gasteiger partial charge in [0.15, 0.2) is 6.61 Å². The van der Waals surface area contributed by atoms with Gasteiger partial charge in [-0.1, -0.05) is 36.0 Å². The number of benzene rings is 2. The number of halogens is 2. The molecule has 0 saturated heterocycles. The van der Waals surface area contributed by atoms with E-state index in [1.165, 1.54) is 18.2 Å². The Hall–Kier alpha value is -2.26. The molecule has 0 saturated carbocycles. The molecule has 2 aromatic rings. The molecule has 2 rings (SSSR count). The summed E-state index contributed by atoms with van der Waals surface area (Å²) in [6.07, 6.45) is 1.56. The van der Waals surface area contributed by atoms with Gasteiger partial charge in [-0.2, -0.15) is 8.78 Å². The van der Waals surface area contributed by atoms with E-state index in [1.807, 2.05) is 0 Å². The number of esters is 1. The predicted molar refractivity (Wildman–Crippen MR) is 101 cm³/mol. The smallest absolute Gasteiger partial charge is 0.338 e. The SMILES string of the molecule is CS(=O)Cc1cccc(C(=O)OCC(=O)Nc2ccccc2SC(F)F)c1. The first kappa shape index (κ1) is 21.0. The lowest BCUT2D eigenvalue weighted by Gasteiger charge is -2.11. The molecule has 0 radical (unpaired) electrons. The quantitative estimate of drug-likeness (QED) is 0.528. The van der Waals surface area contributed by atoms with Gasteiger partial charge in [0.2, 0.25) is 0 Å². The highest BCUT2D eigenvalue weighted by Crippen LogP contribution is 2.31. The zero-order chi connectivity index (χ0) is 19.8. The van der Waals surface area contributed by atoms with Crippen molar-refractivity contribution >= 4 is 40.1 Å². The number of hydrogen-bond acceptors (Lipinski definition) is 5. The second kappa shape index (κ2) is 10.2. The number of alkyl halides is 2. The summed E-state index contributed by atoms with van der Waals surface area (Å²) in [6.45, 7) is -0.559. The van der Waals surface area contributed by atoms with Crippen LogP contribution in [0.1, 0.15) is 15.9 Å². The lowest BCUT2D eigenvalue weighted by atomic mass is 10.1. The number of nitrogens with one attached hydrogen (secondary N) is 1. The highest BCUT2D eigenvalue weighted by Gasteiger charge is 2.14. The number of thioether (sulfide) groups is 1. The molecule has 1 atom stereocenters. The van der Waals surface area contributed by atoms with Gasteiger partial charge in [0.25, 0.3) is 11.7 Å². The van der Waals surface area contributed by atoms with Crippen molar-refractivity contribution in [3.63, 3.8) is 0 Å². The highest BCUT2D eigenvalue weighted by molar-refractivity contribution is 7.99. The van der Waals surface area contributed by atoms with Crippen LogP contribution in [-0.2, 0) is 26.1 Å². The summed E-state index contributed by atoms with van der Waals surface area (Å²) in [6, 6.07) is 12.6. The van der Waals surface area contributed by atoms with E-state index in [0.717, 1.165) is 0 Å². The van der Waals surface area contributed by atoms with Crippen molar-refractivity contribution < 1.29 is 27.3 Å². The Labute approximate surface area is 161 Å². The van der Waals surface area contributed by atoms with Crippen LogP contribution in [0.2, 0.25) is 0 Å². The van der Waals surface area contributed by atoms with Crippen LogP contribution in [0, 0.1) is 0 Å². The molecule has 0 aliphatic carbocycles. The van der Waals surface area contributed by atoms with Crippen molar-refractivity contribution in [3.05, 3.63) is 59.7 Å².